The molecule has 2 rings (SSSR count). The molecule has 0 spiro atoms. The smallest absolute Gasteiger partial charge is 0.338 e. The molecule has 148 valence electrons. The fourth-order valence-electron chi connectivity index (χ4n) is 2.32. The second-order valence-electron chi connectivity index (χ2n) is 6.11. The van der Waals surface area contributed by atoms with Crippen molar-refractivity contribution in [3.63, 3.8) is 0 Å². The molecule has 2 aromatic rings. The first-order chi connectivity index (χ1) is 13.4. The third-order valence-electron chi connectivity index (χ3n) is 3.89. The van der Waals surface area contributed by atoms with E-state index < -0.39 is 23.4 Å². The van der Waals surface area contributed by atoms with E-state index in [0.29, 0.717) is 29.2 Å². The summed E-state index contributed by atoms with van der Waals surface area (Å²) in [6, 6.07) is 10.6. The van der Waals surface area contributed by atoms with Crippen LogP contribution in [0.4, 0.5) is 11.4 Å². The Morgan fingerprint density at radius 1 is 1.14 bits per heavy atom. The van der Waals surface area contributed by atoms with E-state index in [1.54, 1.807) is 31.2 Å². The van der Waals surface area contributed by atoms with Crippen molar-refractivity contribution in [2.24, 2.45) is 0 Å². The highest BCUT2D eigenvalue weighted by atomic mass is 16.6. The summed E-state index contributed by atoms with van der Waals surface area (Å²) in [5.74, 6) is -0.503. The lowest BCUT2D eigenvalue weighted by Crippen LogP contribution is -2.21. The number of unbranched alkanes of at least 4 members (excludes halogenated alkanes) is 1. The van der Waals surface area contributed by atoms with Gasteiger partial charge in [-0.25, -0.2) is 4.79 Å². The number of nitro benzene ring substituents is 1. The number of ether oxygens (including phenoxy) is 2. The van der Waals surface area contributed by atoms with Crippen LogP contribution in [0.1, 0.15) is 35.7 Å². The van der Waals surface area contributed by atoms with Gasteiger partial charge in [0.15, 0.2) is 6.61 Å². The van der Waals surface area contributed by atoms with E-state index in [0.717, 1.165) is 12.8 Å². The van der Waals surface area contributed by atoms with Gasteiger partial charge in [-0.15, -0.1) is 0 Å². The maximum Gasteiger partial charge on any atom is 0.338 e. The van der Waals surface area contributed by atoms with Crippen molar-refractivity contribution in [1.82, 2.24) is 0 Å². The number of hydrogen-bond donors (Lipinski definition) is 1. The summed E-state index contributed by atoms with van der Waals surface area (Å²) < 4.78 is 10.5. The van der Waals surface area contributed by atoms with Gasteiger partial charge in [0.1, 0.15) is 5.75 Å². The number of esters is 1. The highest BCUT2D eigenvalue weighted by Crippen LogP contribution is 2.21. The Balaban J connectivity index is 1.85. The lowest BCUT2D eigenvalue weighted by atomic mass is 10.2. The molecule has 8 nitrogen and oxygen atoms in total. The second-order valence-corrected chi connectivity index (χ2v) is 6.11. The lowest BCUT2D eigenvalue weighted by Gasteiger charge is -2.09. The summed E-state index contributed by atoms with van der Waals surface area (Å²) in [4.78, 5) is 34.2. The minimum Gasteiger partial charge on any atom is -0.494 e. The van der Waals surface area contributed by atoms with Crippen LogP contribution in [0, 0.1) is 17.0 Å². The zero-order valence-corrected chi connectivity index (χ0v) is 15.8. The van der Waals surface area contributed by atoms with Gasteiger partial charge in [0.05, 0.1) is 17.1 Å². The fourth-order valence-corrected chi connectivity index (χ4v) is 2.32. The van der Waals surface area contributed by atoms with Crippen LogP contribution < -0.4 is 10.1 Å². The Kier molecular flexibility index (Phi) is 7.50. The van der Waals surface area contributed by atoms with Gasteiger partial charge in [0, 0.05) is 17.8 Å². The molecular formula is C20H22N2O6. The summed E-state index contributed by atoms with van der Waals surface area (Å²) >= 11 is 0. The Morgan fingerprint density at radius 3 is 2.46 bits per heavy atom. The molecule has 0 fully saturated rings. The number of amides is 1. The van der Waals surface area contributed by atoms with Crippen molar-refractivity contribution in [3.8, 4) is 5.75 Å². The molecule has 0 aliphatic carbocycles. The van der Waals surface area contributed by atoms with Gasteiger partial charge in [-0.3, -0.25) is 14.9 Å². The molecule has 0 atom stereocenters. The molecule has 0 aliphatic heterocycles. The largest absolute Gasteiger partial charge is 0.494 e. The highest BCUT2D eigenvalue weighted by molar-refractivity contribution is 5.96. The monoisotopic (exact) mass is 386 g/mol. The summed E-state index contributed by atoms with van der Waals surface area (Å²) in [5, 5.41) is 13.3. The van der Waals surface area contributed by atoms with Gasteiger partial charge in [-0.1, -0.05) is 13.3 Å². The van der Waals surface area contributed by atoms with E-state index in [1.165, 1.54) is 18.2 Å². The van der Waals surface area contributed by atoms with E-state index in [2.05, 4.69) is 12.2 Å². The first-order valence-corrected chi connectivity index (χ1v) is 8.85. The molecule has 2 aromatic carbocycles. The van der Waals surface area contributed by atoms with Crippen LogP contribution >= 0.6 is 0 Å². The van der Waals surface area contributed by atoms with Crippen molar-refractivity contribution >= 4 is 23.3 Å². The second kappa shape index (κ2) is 10.1. The maximum absolute atomic E-state index is 12.0. The molecule has 0 radical (unpaired) electrons. The number of nitrogens with zero attached hydrogens (tertiary/aromatic N) is 1. The summed E-state index contributed by atoms with van der Waals surface area (Å²) in [6.07, 6.45) is 1.99. The zero-order valence-electron chi connectivity index (χ0n) is 15.8. The number of hydrogen-bond acceptors (Lipinski definition) is 6. The Hall–Kier alpha value is -3.42. The van der Waals surface area contributed by atoms with Gasteiger partial charge < -0.3 is 14.8 Å². The number of carbonyl (C=O) groups excluding carboxylic acids is 2. The minimum absolute atomic E-state index is 0.0657. The van der Waals surface area contributed by atoms with Crippen molar-refractivity contribution in [2.45, 2.75) is 26.7 Å². The van der Waals surface area contributed by atoms with Crippen LogP contribution in [0.25, 0.3) is 0 Å². The predicted octanol–water partition coefficient (Wildman–Crippen LogP) is 3.88. The number of aryl methyl sites for hydroxylation is 1. The van der Waals surface area contributed by atoms with Crippen LogP contribution in [0.15, 0.2) is 42.5 Å². The van der Waals surface area contributed by atoms with Gasteiger partial charge >= 0.3 is 5.97 Å². The average Bonchev–Trinajstić information content (AvgIpc) is 2.68. The lowest BCUT2D eigenvalue weighted by molar-refractivity contribution is -0.384. The van der Waals surface area contributed by atoms with E-state index >= 15 is 0 Å². The van der Waals surface area contributed by atoms with Crippen LogP contribution in [0.3, 0.4) is 0 Å². The Bertz CT molecular complexity index is 848. The summed E-state index contributed by atoms with van der Waals surface area (Å²) in [6.45, 7) is 3.85. The number of carbonyl (C=O) groups is 2. The van der Waals surface area contributed by atoms with Gasteiger partial charge in [-0.05, 0) is 49.2 Å². The van der Waals surface area contributed by atoms with E-state index in [9.17, 15) is 19.7 Å². The molecule has 0 aromatic heterocycles. The molecular weight excluding hydrogens is 364 g/mol. The number of anilines is 1. The van der Waals surface area contributed by atoms with E-state index in [1.807, 2.05) is 0 Å². The Morgan fingerprint density at radius 2 is 1.86 bits per heavy atom. The molecule has 0 saturated heterocycles. The zero-order chi connectivity index (χ0) is 20.5. The van der Waals surface area contributed by atoms with Gasteiger partial charge in [0.2, 0.25) is 0 Å². The van der Waals surface area contributed by atoms with Crippen molar-refractivity contribution in [2.75, 3.05) is 18.5 Å². The molecule has 0 saturated carbocycles. The third-order valence-corrected chi connectivity index (χ3v) is 3.89. The number of rotatable bonds is 9. The topological polar surface area (TPSA) is 108 Å². The van der Waals surface area contributed by atoms with Crippen molar-refractivity contribution < 1.29 is 24.0 Å². The quantitative estimate of drug-likeness (QED) is 0.303. The van der Waals surface area contributed by atoms with Crippen LogP contribution in [0.5, 0.6) is 5.75 Å². The van der Waals surface area contributed by atoms with Crippen LogP contribution in [0.2, 0.25) is 0 Å². The predicted molar refractivity (Wildman–Crippen MR) is 104 cm³/mol. The standard InChI is InChI=1S/C20H22N2O6/c1-3-4-11-27-17-8-5-15(6-9-17)20(24)28-13-19(23)21-18-10-7-16(22(25)26)12-14(18)2/h5-10,12H,3-4,11,13H2,1-2H3,(H,21,23). The molecule has 0 unspecified atom stereocenters. The van der Waals surface area contributed by atoms with E-state index in [4.69, 9.17) is 9.47 Å². The summed E-state index contributed by atoms with van der Waals surface area (Å²) in [5.41, 5.74) is 1.19. The first kappa shape index (κ1) is 20.9. The number of nitro groups is 1. The van der Waals surface area contributed by atoms with Crippen molar-refractivity contribution in [3.05, 3.63) is 63.7 Å². The number of benzene rings is 2. The van der Waals surface area contributed by atoms with Gasteiger partial charge in [0.25, 0.3) is 11.6 Å². The number of nitrogens with one attached hydrogen (secondary N) is 1. The fraction of sp³-hybridized carbons (Fsp3) is 0.300. The van der Waals surface area contributed by atoms with Gasteiger partial charge in [-0.2, -0.15) is 0 Å². The molecule has 0 bridgehead atoms. The molecule has 1 amide bonds. The van der Waals surface area contributed by atoms with Crippen molar-refractivity contribution in [1.29, 1.82) is 0 Å². The van der Waals surface area contributed by atoms with Crippen LogP contribution in [-0.2, 0) is 9.53 Å². The molecule has 0 aliphatic rings. The normalized spacial score (nSPS) is 10.2. The Labute approximate surface area is 162 Å². The SMILES string of the molecule is CCCCOc1ccc(C(=O)OCC(=O)Nc2ccc([N+](=O)[O-])cc2C)cc1. The highest BCUT2D eigenvalue weighted by Gasteiger charge is 2.13. The molecule has 28 heavy (non-hydrogen) atoms. The maximum atomic E-state index is 12.0. The summed E-state index contributed by atoms with van der Waals surface area (Å²) in [7, 11) is 0. The third kappa shape index (κ3) is 6.08. The molecule has 1 N–H and O–H groups in total. The number of non-ortho nitro benzene ring substituents is 1. The molecule has 0 heterocycles. The van der Waals surface area contributed by atoms with E-state index in [-0.39, 0.29) is 5.69 Å². The minimum atomic E-state index is -0.629. The average molecular weight is 386 g/mol. The first-order valence-electron chi connectivity index (χ1n) is 8.85. The molecule has 8 heteroatoms. The van der Waals surface area contributed by atoms with Crippen LogP contribution in [-0.4, -0.2) is 30.0 Å².